The van der Waals surface area contributed by atoms with Crippen LogP contribution in [0.5, 0.6) is 0 Å². The normalized spacial score (nSPS) is 17.5. The van der Waals surface area contributed by atoms with Gasteiger partial charge in [0.2, 0.25) is 5.91 Å². The Morgan fingerprint density at radius 2 is 2.11 bits per heavy atom. The van der Waals surface area contributed by atoms with E-state index in [4.69, 9.17) is 9.84 Å². The predicted molar refractivity (Wildman–Crippen MR) is 61.3 cm³/mol. The number of carbonyl (C=O) groups excluding carboxylic acids is 1. The maximum atomic E-state index is 12.1. The Labute approximate surface area is 104 Å². The number of hydrogen-bond donors (Lipinski definition) is 1. The third-order valence-electron chi connectivity index (χ3n) is 2.93. The van der Waals surface area contributed by atoms with Crippen molar-refractivity contribution in [2.24, 2.45) is 0 Å². The molecule has 2 rings (SSSR count). The van der Waals surface area contributed by atoms with Gasteiger partial charge in [0, 0.05) is 19.3 Å². The van der Waals surface area contributed by atoms with E-state index < -0.39 is 12.0 Å². The minimum atomic E-state index is -1.05. The standard InChI is InChI=1S/C11H15N3O4/c1-8(10(15)13-2-4-18-5-3-13)14-7-9(6-12-14)11(16)17/h6-8H,2-5H2,1H3,(H,16,17). The summed E-state index contributed by atoms with van der Waals surface area (Å²) in [4.78, 5) is 24.6. The van der Waals surface area contributed by atoms with Crippen molar-refractivity contribution < 1.29 is 19.4 Å². The third kappa shape index (κ3) is 2.51. The quantitative estimate of drug-likeness (QED) is 0.819. The highest BCUT2D eigenvalue weighted by Crippen LogP contribution is 2.12. The van der Waals surface area contributed by atoms with Crippen LogP contribution < -0.4 is 0 Å². The first-order chi connectivity index (χ1) is 8.59. The fourth-order valence-electron chi connectivity index (χ4n) is 1.82. The highest BCUT2D eigenvalue weighted by Gasteiger charge is 2.24. The van der Waals surface area contributed by atoms with Crippen molar-refractivity contribution in [3.8, 4) is 0 Å². The second-order valence-electron chi connectivity index (χ2n) is 4.13. The van der Waals surface area contributed by atoms with Crippen LogP contribution in [-0.4, -0.2) is 58.0 Å². The molecule has 98 valence electrons. The average Bonchev–Trinajstić information content (AvgIpc) is 2.88. The Balaban J connectivity index is 2.06. The molecule has 0 spiro atoms. The molecule has 7 nitrogen and oxygen atoms in total. The van der Waals surface area contributed by atoms with Crippen molar-refractivity contribution in [3.05, 3.63) is 18.0 Å². The molecule has 1 aliphatic heterocycles. The van der Waals surface area contributed by atoms with Gasteiger partial charge in [-0.1, -0.05) is 0 Å². The van der Waals surface area contributed by atoms with E-state index in [1.807, 2.05) is 0 Å². The van der Waals surface area contributed by atoms with Gasteiger partial charge in [-0.15, -0.1) is 0 Å². The zero-order valence-electron chi connectivity index (χ0n) is 10.1. The van der Waals surface area contributed by atoms with E-state index >= 15 is 0 Å². The van der Waals surface area contributed by atoms with E-state index in [1.165, 1.54) is 17.1 Å². The van der Waals surface area contributed by atoms with E-state index in [-0.39, 0.29) is 11.5 Å². The van der Waals surface area contributed by atoms with Gasteiger partial charge in [0.25, 0.3) is 0 Å². The number of carboxylic acid groups (broad SMARTS) is 1. The van der Waals surface area contributed by atoms with Gasteiger partial charge in [-0.3, -0.25) is 9.48 Å². The van der Waals surface area contributed by atoms with E-state index in [9.17, 15) is 9.59 Å². The summed E-state index contributed by atoms with van der Waals surface area (Å²) >= 11 is 0. The van der Waals surface area contributed by atoms with Crippen LogP contribution in [0.4, 0.5) is 0 Å². The van der Waals surface area contributed by atoms with Crippen LogP contribution in [0.25, 0.3) is 0 Å². The van der Waals surface area contributed by atoms with Gasteiger partial charge in [-0.05, 0) is 6.92 Å². The lowest BCUT2D eigenvalue weighted by atomic mass is 10.2. The molecule has 18 heavy (non-hydrogen) atoms. The fraction of sp³-hybridized carbons (Fsp3) is 0.545. The number of aromatic carboxylic acids is 1. The van der Waals surface area contributed by atoms with Gasteiger partial charge in [0.15, 0.2) is 0 Å². The smallest absolute Gasteiger partial charge is 0.338 e. The maximum absolute atomic E-state index is 12.1. The molecule has 1 atom stereocenters. The molecule has 0 bridgehead atoms. The first-order valence-corrected chi connectivity index (χ1v) is 5.73. The van der Waals surface area contributed by atoms with Crippen LogP contribution in [0.15, 0.2) is 12.4 Å². The van der Waals surface area contributed by atoms with Crippen LogP contribution >= 0.6 is 0 Å². The van der Waals surface area contributed by atoms with E-state index in [2.05, 4.69) is 5.10 Å². The molecule has 0 radical (unpaired) electrons. The molecule has 1 aromatic rings. The number of amides is 1. The Morgan fingerprint density at radius 1 is 1.44 bits per heavy atom. The fourth-order valence-corrected chi connectivity index (χ4v) is 1.82. The highest BCUT2D eigenvalue weighted by molar-refractivity contribution is 5.87. The van der Waals surface area contributed by atoms with Crippen LogP contribution in [0.3, 0.4) is 0 Å². The topological polar surface area (TPSA) is 84.7 Å². The molecule has 2 heterocycles. The second-order valence-corrected chi connectivity index (χ2v) is 4.13. The molecule has 1 N–H and O–H groups in total. The highest BCUT2D eigenvalue weighted by atomic mass is 16.5. The van der Waals surface area contributed by atoms with Crippen LogP contribution in [0, 0.1) is 0 Å². The number of hydrogen-bond acceptors (Lipinski definition) is 4. The Bertz CT molecular complexity index is 451. The molecular formula is C11H15N3O4. The molecule has 7 heteroatoms. The number of ether oxygens (including phenoxy) is 1. The number of rotatable bonds is 3. The van der Waals surface area contributed by atoms with E-state index in [0.29, 0.717) is 26.3 Å². The monoisotopic (exact) mass is 253 g/mol. The molecular weight excluding hydrogens is 238 g/mol. The van der Waals surface area contributed by atoms with E-state index in [0.717, 1.165) is 0 Å². The molecule has 0 saturated carbocycles. The summed E-state index contributed by atoms with van der Waals surface area (Å²) in [7, 11) is 0. The molecule has 1 fully saturated rings. The molecule has 1 aliphatic rings. The largest absolute Gasteiger partial charge is 0.478 e. The van der Waals surface area contributed by atoms with Gasteiger partial charge < -0.3 is 14.7 Å². The number of carboxylic acids is 1. The van der Waals surface area contributed by atoms with Crippen LogP contribution in [0.2, 0.25) is 0 Å². The van der Waals surface area contributed by atoms with Crippen LogP contribution in [-0.2, 0) is 9.53 Å². The third-order valence-corrected chi connectivity index (χ3v) is 2.93. The number of aromatic nitrogens is 2. The van der Waals surface area contributed by atoms with Gasteiger partial charge >= 0.3 is 5.97 Å². The van der Waals surface area contributed by atoms with Crippen molar-refractivity contribution in [1.29, 1.82) is 0 Å². The van der Waals surface area contributed by atoms with Gasteiger partial charge in [0.05, 0.1) is 25.0 Å². The summed E-state index contributed by atoms with van der Waals surface area (Å²) < 4.78 is 6.55. The molecule has 1 aromatic heterocycles. The lowest BCUT2D eigenvalue weighted by Gasteiger charge is -2.29. The summed E-state index contributed by atoms with van der Waals surface area (Å²) in [5.74, 6) is -1.12. The maximum Gasteiger partial charge on any atom is 0.338 e. The van der Waals surface area contributed by atoms with Gasteiger partial charge in [0.1, 0.15) is 6.04 Å². The first-order valence-electron chi connectivity index (χ1n) is 5.73. The minimum absolute atomic E-state index is 0.0710. The van der Waals surface area contributed by atoms with Crippen LogP contribution in [0.1, 0.15) is 23.3 Å². The minimum Gasteiger partial charge on any atom is -0.478 e. The summed E-state index contributed by atoms with van der Waals surface area (Å²) in [6.45, 7) is 3.92. The SMILES string of the molecule is CC(C(=O)N1CCOCC1)n1cc(C(=O)O)cn1. The van der Waals surface area contributed by atoms with E-state index in [1.54, 1.807) is 11.8 Å². The molecule has 1 amide bonds. The first kappa shape index (κ1) is 12.6. The number of carbonyl (C=O) groups is 2. The Kier molecular flexibility index (Phi) is 3.61. The molecule has 0 aliphatic carbocycles. The van der Waals surface area contributed by atoms with Crippen molar-refractivity contribution >= 4 is 11.9 Å². The lowest BCUT2D eigenvalue weighted by Crippen LogP contribution is -2.43. The summed E-state index contributed by atoms with van der Waals surface area (Å²) in [6, 6.07) is -0.504. The molecule has 1 saturated heterocycles. The zero-order valence-corrected chi connectivity index (χ0v) is 10.1. The second kappa shape index (κ2) is 5.18. The number of morpholine rings is 1. The van der Waals surface area contributed by atoms with Crippen molar-refractivity contribution in [1.82, 2.24) is 14.7 Å². The molecule has 1 unspecified atom stereocenters. The van der Waals surface area contributed by atoms with Gasteiger partial charge in [-0.25, -0.2) is 4.79 Å². The summed E-state index contributed by atoms with van der Waals surface area (Å²) in [6.07, 6.45) is 2.61. The van der Waals surface area contributed by atoms with Crippen molar-refractivity contribution in [2.75, 3.05) is 26.3 Å². The number of nitrogens with zero attached hydrogens (tertiary/aromatic N) is 3. The average molecular weight is 253 g/mol. The van der Waals surface area contributed by atoms with Crippen molar-refractivity contribution in [3.63, 3.8) is 0 Å². The summed E-state index contributed by atoms with van der Waals surface area (Å²) in [5, 5.41) is 12.7. The predicted octanol–water partition coefficient (Wildman–Crippen LogP) is 0.00110. The summed E-state index contributed by atoms with van der Waals surface area (Å²) in [5.41, 5.74) is 0.0802. The Hall–Kier alpha value is -1.89. The lowest BCUT2D eigenvalue weighted by molar-refractivity contribution is -0.138. The Morgan fingerprint density at radius 3 is 2.67 bits per heavy atom. The zero-order chi connectivity index (χ0) is 13.1. The van der Waals surface area contributed by atoms with Gasteiger partial charge in [-0.2, -0.15) is 5.10 Å². The van der Waals surface area contributed by atoms with Crippen molar-refractivity contribution in [2.45, 2.75) is 13.0 Å². The molecule has 0 aromatic carbocycles.